The van der Waals surface area contributed by atoms with Crippen molar-refractivity contribution in [2.45, 2.75) is 29.1 Å². The van der Waals surface area contributed by atoms with E-state index in [4.69, 9.17) is 5.73 Å². The quantitative estimate of drug-likeness (QED) is 0.911. The van der Waals surface area contributed by atoms with E-state index in [1.807, 2.05) is 17.8 Å². The molecule has 1 aliphatic heterocycles. The fraction of sp³-hybridized carbons (Fsp3) is 0.188. The highest BCUT2D eigenvalue weighted by Crippen LogP contribution is 2.37. The Bertz CT molecular complexity index is 636. The highest BCUT2D eigenvalue weighted by Gasteiger charge is 2.14. The number of hydrogen-bond acceptors (Lipinski definition) is 2. The van der Waals surface area contributed by atoms with Crippen LogP contribution in [0.3, 0.4) is 0 Å². The van der Waals surface area contributed by atoms with Crippen LogP contribution in [-0.4, -0.2) is 5.91 Å². The van der Waals surface area contributed by atoms with E-state index < -0.39 is 0 Å². The summed E-state index contributed by atoms with van der Waals surface area (Å²) in [6, 6.07) is 14.8. The largest absolute Gasteiger partial charge is 0.369 e. The molecule has 0 unspecified atom stereocenters. The second kappa shape index (κ2) is 5.10. The van der Waals surface area contributed by atoms with Gasteiger partial charge < -0.3 is 5.73 Å². The van der Waals surface area contributed by atoms with Crippen LogP contribution in [0.25, 0.3) is 0 Å². The Morgan fingerprint density at radius 3 is 2.63 bits per heavy atom. The lowest BCUT2D eigenvalue weighted by Crippen LogP contribution is -2.13. The van der Waals surface area contributed by atoms with Gasteiger partial charge in [-0.05, 0) is 41.7 Å². The minimum Gasteiger partial charge on any atom is -0.369 e. The first-order valence-electron chi connectivity index (χ1n) is 6.38. The number of primary amides is 1. The maximum atomic E-state index is 11.0. The molecule has 3 heteroatoms. The molecule has 1 amide bonds. The lowest BCUT2D eigenvalue weighted by Gasteiger charge is -2.07. The fourth-order valence-corrected chi connectivity index (χ4v) is 3.55. The van der Waals surface area contributed by atoms with Crippen molar-refractivity contribution in [3.63, 3.8) is 0 Å². The summed E-state index contributed by atoms with van der Waals surface area (Å²) in [7, 11) is 0. The van der Waals surface area contributed by atoms with Crippen LogP contribution < -0.4 is 5.73 Å². The zero-order chi connectivity index (χ0) is 13.2. The molecule has 2 nitrogen and oxygen atoms in total. The molecule has 0 spiro atoms. The number of nitrogens with two attached hydrogens (primary N) is 1. The summed E-state index contributed by atoms with van der Waals surface area (Å²) in [5, 5.41) is 0. The number of benzene rings is 2. The lowest BCUT2D eigenvalue weighted by molar-refractivity contribution is -0.117. The van der Waals surface area contributed by atoms with Crippen molar-refractivity contribution in [2.24, 2.45) is 5.73 Å². The Labute approximate surface area is 117 Å². The third kappa shape index (κ3) is 2.66. The van der Waals surface area contributed by atoms with Gasteiger partial charge in [-0.3, -0.25) is 4.79 Å². The van der Waals surface area contributed by atoms with E-state index in [1.54, 1.807) is 0 Å². The molecule has 0 saturated carbocycles. The third-order valence-electron chi connectivity index (χ3n) is 3.36. The fourth-order valence-electron chi connectivity index (χ4n) is 2.44. The summed E-state index contributed by atoms with van der Waals surface area (Å²) in [5.41, 5.74) is 8.99. The Morgan fingerprint density at radius 2 is 1.79 bits per heavy atom. The second-order valence-electron chi connectivity index (χ2n) is 4.79. The van der Waals surface area contributed by atoms with Crippen LogP contribution in [0.1, 0.15) is 16.7 Å². The SMILES string of the molecule is NC(=O)Cc1ccc2c(c1)CCc1ccccc1S2. The summed E-state index contributed by atoms with van der Waals surface area (Å²) < 4.78 is 0. The lowest BCUT2D eigenvalue weighted by atomic mass is 10.0. The van der Waals surface area contributed by atoms with E-state index >= 15 is 0 Å². The predicted molar refractivity (Wildman–Crippen MR) is 77.3 cm³/mol. The molecule has 2 N–H and O–H groups in total. The molecule has 3 rings (SSSR count). The third-order valence-corrected chi connectivity index (χ3v) is 4.60. The van der Waals surface area contributed by atoms with Gasteiger partial charge in [0.2, 0.25) is 5.91 Å². The molecule has 0 fully saturated rings. The normalized spacial score (nSPS) is 13.3. The van der Waals surface area contributed by atoms with E-state index in [0.717, 1.165) is 18.4 Å². The van der Waals surface area contributed by atoms with Gasteiger partial charge in [-0.15, -0.1) is 0 Å². The van der Waals surface area contributed by atoms with Crippen molar-refractivity contribution in [1.29, 1.82) is 0 Å². The maximum Gasteiger partial charge on any atom is 0.221 e. The van der Waals surface area contributed by atoms with Crippen molar-refractivity contribution < 1.29 is 4.79 Å². The molecule has 1 aliphatic rings. The summed E-state index contributed by atoms with van der Waals surface area (Å²) in [5.74, 6) is -0.274. The van der Waals surface area contributed by atoms with Gasteiger partial charge in [0.25, 0.3) is 0 Å². The molecule has 2 aromatic rings. The Balaban J connectivity index is 1.95. The summed E-state index contributed by atoms with van der Waals surface area (Å²) in [6.45, 7) is 0. The highest BCUT2D eigenvalue weighted by molar-refractivity contribution is 7.99. The molecule has 0 atom stereocenters. The van der Waals surface area contributed by atoms with Crippen molar-refractivity contribution in [3.05, 3.63) is 59.2 Å². The van der Waals surface area contributed by atoms with Gasteiger partial charge in [0, 0.05) is 9.79 Å². The van der Waals surface area contributed by atoms with Gasteiger partial charge in [-0.2, -0.15) is 0 Å². The summed E-state index contributed by atoms with van der Waals surface area (Å²) in [6.07, 6.45) is 2.40. The molecule has 1 heterocycles. The smallest absolute Gasteiger partial charge is 0.221 e. The van der Waals surface area contributed by atoms with Gasteiger partial charge in [0.15, 0.2) is 0 Å². The first-order valence-corrected chi connectivity index (χ1v) is 7.20. The Kier molecular flexibility index (Phi) is 3.30. The number of carbonyl (C=O) groups excluding carboxylic acids is 1. The zero-order valence-corrected chi connectivity index (χ0v) is 11.4. The summed E-state index contributed by atoms with van der Waals surface area (Å²) >= 11 is 1.81. The number of rotatable bonds is 2. The van der Waals surface area contributed by atoms with Crippen molar-refractivity contribution in [3.8, 4) is 0 Å². The van der Waals surface area contributed by atoms with E-state index in [1.165, 1.54) is 20.9 Å². The average molecular weight is 269 g/mol. The van der Waals surface area contributed by atoms with Crippen molar-refractivity contribution >= 4 is 17.7 Å². The average Bonchev–Trinajstić information content (AvgIpc) is 2.57. The van der Waals surface area contributed by atoms with E-state index in [9.17, 15) is 4.79 Å². The van der Waals surface area contributed by atoms with Gasteiger partial charge in [-0.1, -0.05) is 42.1 Å². The monoisotopic (exact) mass is 269 g/mol. The molecule has 96 valence electrons. The van der Waals surface area contributed by atoms with Gasteiger partial charge in [0.05, 0.1) is 6.42 Å². The number of aryl methyl sites for hydroxylation is 2. The van der Waals surface area contributed by atoms with Gasteiger partial charge in [0.1, 0.15) is 0 Å². The minimum absolute atomic E-state index is 0.274. The number of amides is 1. The van der Waals surface area contributed by atoms with Crippen molar-refractivity contribution in [2.75, 3.05) is 0 Å². The second-order valence-corrected chi connectivity index (χ2v) is 5.88. The van der Waals surface area contributed by atoms with Crippen LogP contribution in [0.5, 0.6) is 0 Å². The van der Waals surface area contributed by atoms with Crippen LogP contribution in [0.2, 0.25) is 0 Å². The van der Waals surface area contributed by atoms with Crippen molar-refractivity contribution in [1.82, 2.24) is 0 Å². The van der Waals surface area contributed by atoms with Crippen LogP contribution in [0.15, 0.2) is 52.3 Å². The Hall–Kier alpha value is -1.74. The molecular formula is C16H15NOS. The van der Waals surface area contributed by atoms with Crippen LogP contribution in [0, 0.1) is 0 Å². The number of carbonyl (C=O) groups is 1. The number of hydrogen-bond donors (Lipinski definition) is 1. The van der Waals surface area contributed by atoms with Gasteiger partial charge >= 0.3 is 0 Å². The zero-order valence-electron chi connectivity index (χ0n) is 10.6. The van der Waals surface area contributed by atoms with E-state index in [2.05, 4.69) is 36.4 Å². The maximum absolute atomic E-state index is 11.0. The highest BCUT2D eigenvalue weighted by atomic mass is 32.2. The van der Waals surface area contributed by atoms with Crippen LogP contribution in [0.4, 0.5) is 0 Å². The topological polar surface area (TPSA) is 43.1 Å². The molecule has 0 bridgehead atoms. The predicted octanol–water partition coefficient (Wildman–Crippen LogP) is 2.96. The molecular weight excluding hydrogens is 254 g/mol. The van der Waals surface area contributed by atoms with E-state index in [-0.39, 0.29) is 5.91 Å². The number of fused-ring (bicyclic) bond motifs is 2. The molecule has 2 aromatic carbocycles. The van der Waals surface area contributed by atoms with Gasteiger partial charge in [-0.25, -0.2) is 0 Å². The molecule has 19 heavy (non-hydrogen) atoms. The molecule has 0 aromatic heterocycles. The van der Waals surface area contributed by atoms with Crippen LogP contribution in [-0.2, 0) is 24.1 Å². The standard InChI is InChI=1S/C16H15NOS/c17-16(18)10-11-5-8-15-13(9-11)7-6-12-3-1-2-4-14(12)19-15/h1-5,8-9H,6-7,10H2,(H2,17,18). The summed E-state index contributed by atoms with van der Waals surface area (Å²) in [4.78, 5) is 13.6. The molecule has 0 aliphatic carbocycles. The minimum atomic E-state index is -0.274. The van der Waals surface area contributed by atoms with Crippen LogP contribution >= 0.6 is 11.8 Å². The first-order chi connectivity index (χ1) is 9.22. The molecule has 0 radical (unpaired) electrons. The Morgan fingerprint density at radius 1 is 1.05 bits per heavy atom. The van der Waals surface area contributed by atoms with E-state index in [0.29, 0.717) is 6.42 Å². The molecule has 0 saturated heterocycles. The first kappa shape index (κ1) is 12.3.